The van der Waals surface area contributed by atoms with Crippen molar-refractivity contribution in [1.29, 1.82) is 0 Å². The Bertz CT molecular complexity index is 808. The lowest BCUT2D eigenvalue weighted by Gasteiger charge is -2.12. The molecular weight excluding hydrogens is 351 g/mol. The molecule has 4 nitrogen and oxygen atoms in total. The fourth-order valence-corrected chi connectivity index (χ4v) is 3.40. The van der Waals surface area contributed by atoms with E-state index in [1.807, 2.05) is 19.1 Å². The van der Waals surface area contributed by atoms with Gasteiger partial charge in [0.25, 0.3) is 0 Å². The van der Waals surface area contributed by atoms with Crippen molar-refractivity contribution >= 4 is 23.4 Å². The predicted octanol–water partition coefficient (Wildman–Crippen LogP) is 4.02. The second kappa shape index (κ2) is 7.03. The summed E-state index contributed by atoms with van der Waals surface area (Å²) < 4.78 is 39.5. The number of rotatable bonds is 4. The van der Waals surface area contributed by atoms with Crippen molar-refractivity contribution in [2.24, 2.45) is 0 Å². The van der Waals surface area contributed by atoms with Gasteiger partial charge in [0, 0.05) is 16.9 Å². The van der Waals surface area contributed by atoms with Crippen LogP contribution in [0.15, 0.2) is 29.4 Å². The maximum atomic E-state index is 13.2. The third kappa shape index (κ3) is 4.12. The number of thioether (sulfide) groups is 1. The van der Waals surface area contributed by atoms with Crippen LogP contribution in [0.5, 0.6) is 0 Å². The summed E-state index contributed by atoms with van der Waals surface area (Å²) in [6.45, 7) is 1.86. The number of anilines is 1. The van der Waals surface area contributed by atoms with Crippen LogP contribution in [0.2, 0.25) is 0 Å². The van der Waals surface area contributed by atoms with Crippen molar-refractivity contribution < 1.29 is 18.0 Å². The molecule has 3 rings (SSSR count). The Morgan fingerprint density at radius 2 is 2.00 bits per heavy atom. The lowest BCUT2D eigenvalue weighted by molar-refractivity contribution is -0.142. The van der Waals surface area contributed by atoms with E-state index in [4.69, 9.17) is 0 Å². The molecule has 0 spiro atoms. The Hall–Kier alpha value is -2.09. The smallest absolute Gasteiger partial charge is 0.325 e. The molecule has 0 unspecified atom stereocenters. The molecule has 0 saturated carbocycles. The molecule has 1 aromatic heterocycles. The van der Waals surface area contributed by atoms with Crippen LogP contribution in [0.3, 0.4) is 0 Å². The number of aryl methyl sites for hydroxylation is 2. The third-order valence-corrected chi connectivity index (χ3v) is 4.78. The number of nitrogens with one attached hydrogen (secondary N) is 1. The molecule has 0 saturated heterocycles. The number of nitrogens with zero attached hydrogens (tertiary/aromatic N) is 2. The Kier molecular flexibility index (Phi) is 4.99. The van der Waals surface area contributed by atoms with Crippen LogP contribution in [0.4, 0.5) is 18.9 Å². The highest BCUT2D eigenvalue weighted by molar-refractivity contribution is 7.99. The van der Waals surface area contributed by atoms with Crippen LogP contribution in [0.1, 0.15) is 28.9 Å². The second-order valence-electron chi connectivity index (χ2n) is 5.78. The maximum Gasteiger partial charge on any atom is 0.433 e. The Balaban J connectivity index is 1.71. The van der Waals surface area contributed by atoms with E-state index in [1.165, 1.54) is 0 Å². The minimum absolute atomic E-state index is 0.00657. The number of hydrogen-bond donors (Lipinski definition) is 1. The van der Waals surface area contributed by atoms with E-state index in [2.05, 4.69) is 15.3 Å². The number of benzene rings is 1. The second-order valence-corrected chi connectivity index (χ2v) is 6.73. The molecule has 2 aromatic rings. The molecular formula is C17H16F3N3OS. The molecule has 1 aliphatic carbocycles. The highest BCUT2D eigenvalue weighted by Crippen LogP contribution is 2.36. The molecule has 132 valence electrons. The molecule has 0 bridgehead atoms. The van der Waals surface area contributed by atoms with Gasteiger partial charge in [0.05, 0.1) is 5.75 Å². The van der Waals surface area contributed by atoms with Gasteiger partial charge in [0.15, 0.2) is 10.9 Å². The number of para-hydroxylation sites is 1. The molecule has 0 atom stereocenters. The van der Waals surface area contributed by atoms with Crippen molar-refractivity contribution in [2.45, 2.75) is 37.5 Å². The fourth-order valence-electron chi connectivity index (χ4n) is 2.74. The first kappa shape index (κ1) is 17.7. The minimum Gasteiger partial charge on any atom is -0.325 e. The number of alkyl halides is 3. The van der Waals surface area contributed by atoms with Crippen LogP contribution < -0.4 is 5.32 Å². The van der Waals surface area contributed by atoms with Crippen molar-refractivity contribution in [3.63, 3.8) is 0 Å². The first-order valence-electron chi connectivity index (χ1n) is 7.80. The monoisotopic (exact) mass is 367 g/mol. The van der Waals surface area contributed by atoms with E-state index >= 15 is 0 Å². The van der Waals surface area contributed by atoms with Crippen molar-refractivity contribution in [3.05, 3.63) is 46.8 Å². The average molecular weight is 367 g/mol. The fraction of sp³-hybridized carbons (Fsp3) is 0.353. The molecule has 0 fully saturated rings. The molecule has 0 radical (unpaired) electrons. The summed E-state index contributed by atoms with van der Waals surface area (Å²) >= 11 is 0.916. The van der Waals surface area contributed by atoms with E-state index in [0.29, 0.717) is 30.6 Å². The van der Waals surface area contributed by atoms with Gasteiger partial charge in [-0.3, -0.25) is 4.79 Å². The number of aromatic nitrogens is 2. The minimum atomic E-state index is -4.50. The zero-order valence-corrected chi connectivity index (χ0v) is 14.3. The van der Waals surface area contributed by atoms with Gasteiger partial charge in [-0.1, -0.05) is 30.0 Å². The Morgan fingerprint density at radius 3 is 2.72 bits per heavy atom. The van der Waals surface area contributed by atoms with Gasteiger partial charge in [0.1, 0.15) is 0 Å². The van der Waals surface area contributed by atoms with Gasteiger partial charge in [-0.25, -0.2) is 9.97 Å². The number of carbonyl (C=O) groups is 1. The summed E-state index contributed by atoms with van der Waals surface area (Å²) in [6, 6.07) is 7.29. The summed E-state index contributed by atoms with van der Waals surface area (Å²) in [4.78, 5) is 19.9. The largest absolute Gasteiger partial charge is 0.433 e. The van der Waals surface area contributed by atoms with E-state index in [9.17, 15) is 18.0 Å². The van der Waals surface area contributed by atoms with Crippen LogP contribution in [0.25, 0.3) is 0 Å². The first-order chi connectivity index (χ1) is 11.8. The first-order valence-corrected chi connectivity index (χ1v) is 8.78. The molecule has 1 heterocycles. The molecule has 8 heteroatoms. The van der Waals surface area contributed by atoms with E-state index < -0.39 is 11.9 Å². The Morgan fingerprint density at radius 1 is 1.24 bits per heavy atom. The molecule has 1 N–H and O–H groups in total. The van der Waals surface area contributed by atoms with Crippen molar-refractivity contribution in [2.75, 3.05) is 11.1 Å². The summed E-state index contributed by atoms with van der Waals surface area (Å²) in [6.07, 6.45) is -2.99. The predicted molar refractivity (Wildman–Crippen MR) is 89.6 cm³/mol. The zero-order chi connectivity index (χ0) is 18.0. The van der Waals surface area contributed by atoms with E-state index in [0.717, 1.165) is 17.3 Å². The molecule has 25 heavy (non-hydrogen) atoms. The quantitative estimate of drug-likeness (QED) is 0.655. The maximum absolute atomic E-state index is 13.2. The van der Waals surface area contributed by atoms with Crippen LogP contribution in [-0.2, 0) is 23.8 Å². The van der Waals surface area contributed by atoms with Crippen LogP contribution >= 0.6 is 11.8 Å². The third-order valence-electron chi connectivity index (χ3n) is 3.93. The van der Waals surface area contributed by atoms with Gasteiger partial charge in [-0.05, 0) is 37.8 Å². The summed E-state index contributed by atoms with van der Waals surface area (Å²) in [5, 5.41) is 2.73. The summed E-state index contributed by atoms with van der Waals surface area (Å²) in [5.74, 6) is -0.360. The number of halogens is 3. The molecule has 1 amide bonds. The summed E-state index contributed by atoms with van der Waals surface area (Å²) in [7, 11) is 0. The topological polar surface area (TPSA) is 54.9 Å². The van der Waals surface area contributed by atoms with Gasteiger partial charge >= 0.3 is 6.18 Å². The van der Waals surface area contributed by atoms with Crippen molar-refractivity contribution in [1.82, 2.24) is 9.97 Å². The molecule has 1 aliphatic rings. The highest BCUT2D eigenvalue weighted by Gasteiger charge is 2.38. The van der Waals surface area contributed by atoms with Crippen LogP contribution in [0, 0.1) is 6.92 Å². The molecule has 0 aliphatic heterocycles. The SMILES string of the molecule is Cc1ccccc1NC(=O)CSc1nc2c(c(C(F)(F)F)n1)CCC2. The lowest BCUT2D eigenvalue weighted by Crippen LogP contribution is -2.17. The van der Waals surface area contributed by atoms with Gasteiger partial charge in [-0.2, -0.15) is 13.2 Å². The number of carbonyl (C=O) groups excluding carboxylic acids is 1. The average Bonchev–Trinajstić information content (AvgIpc) is 3.01. The van der Waals surface area contributed by atoms with Gasteiger partial charge < -0.3 is 5.32 Å². The van der Waals surface area contributed by atoms with Gasteiger partial charge in [0.2, 0.25) is 5.91 Å². The zero-order valence-electron chi connectivity index (χ0n) is 13.5. The van der Waals surface area contributed by atoms with E-state index in [-0.39, 0.29) is 22.4 Å². The Labute approximate surface area is 147 Å². The number of hydrogen-bond acceptors (Lipinski definition) is 4. The number of fused-ring (bicyclic) bond motifs is 1. The van der Waals surface area contributed by atoms with Crippen molar-refractivity contribution in [3.8, 4) is 0 Å². The standard InChI is InChI=1S/C17H16F3N3OS/c1-10-5-2-3-7-12(10)21-14(24)9-25-16-22-13-8-4-6-11(13)15(23-16)17(18,19)20/h2-3,5,7H,4,6,8-9H2,1H3,(H,21,24). The van der Waals surface area contributed by atoms with E-state index in [1.54, 1.807) is 12.1 Å². The molecule has 1 aromatic carbocycles. The number of amides is 1. The normalized spacial score (nSPS) is 13.6. The van der Waals surface area contributed by atoms with Gasteiger partial charge in [-0.15, -0.1) is 0 Å². The highest BCUT2D eigenvalue weighted by atomic mass is 32.2. The van der Waals surface area contributed by atoms with Crippen LogP contribution in [-0.4, -0.2) is 21.6 Å². The summed E-state index contributed by atoms with van der Waals surface area (Å²) in [5.41, 5.74) is 1.37. The lowest BCUT2D eigenvalue weighted by atomic mass is 10.2.